The van der Waals surface area contributed by atoms with E-state index >= 15 is 0 Å². The third-order valence-electron chi connectivity index (χ3n) is 2.51. The average molecular weight is 285 g/mol. The summed E-state index contributed by atoms with van der Waals surface area (Å²) >= 11 is 3.24. The van der Waals surface area contributed by atoms with E-state index in [9.17, 15) is 10.2 Å². The lowest BCUT2D eigenvalue weighted by Crippen LogP contribution is -2.18. The van der Waals surface area contributed by atoms with E-state index in [-0.39, 0.29) is 0 Å². The molecule has 0 fully saturated rings. The zero-order valence-electron chi connectivity index (χ0n) is 9.36. The van der Waals surface area contributed by atoms with Crippen molar-refractivity contribution in [1.82, 2.24) is 0 Å². The van der Waals surface area contributed by atoms with Gasteiger partial charge in [0, 0.05) is 5.33 Å². The Morgan fingerprint density at radius 1 is 1.31 bits per heavy atom. The van der Waals surface area contributed by atoms with Crippen LogP contribution in [0.5, 0.6) is 0 Å². The lowest BCUT2D eigenvalue weighted by molar-refractivity contribution is 0.0173. The van der Waals surface area contributed by atoms with Crippen LogP contribution in [0.1, 0.15) is 30.6 Å². The Kier molecular flexibility index (Phi) is 5.19. The molecule has 1 rings (SSSR count). The normalized spacial score (nSPS) is 14.5. The maximum absolute atomic E-state index is 9.86. The molecule has 3 heteroatoms. The molecule has 0 saturated carbocycles. The summed E-state index contributed by atoms with van der Waals surface area (Å²) in [4.78, 5) is 0. The minimum Gasteiger partial charge on any atom is -0.390 e. The first-order valence-corrected chi connectivity index (χ1v) is 6.36. The van der Waals surface area contributed by atoms with Crippen molar-refractivity contribution in [3.63, 3.8) is 0 Å². The van der Waals surface area contributed by atoms with Gasteiger partial charge < -0.3 is 10.2 Å². The van der Waals surface area contributed by atoms with E-state index in [1.165, 1.54) is 0 Å². The van der Waals surface area contributed by atoms with Gasteiger partial charge in [-0.2, -0.15) is 0 Å². The molecule has 0 bridgehead atoms. The lowest BCUT2D eigenvalue weighted by Gasteiger charge is -2.17. The minimum absolute atomic E-state index is 0.531. The van der Waals surface area contributed by atoms with Gasteiger partial charge in [-0.15, -0.1) is 0 Å². The fourth-order valence-electron chi connectivity index (χ4n) is 1.46. The molecule has 16 heavy (non-hydrogen) atoms. The van der Waals surface area contributed by atoms with E-state index in [1.807, 2.05) is 31.2 Å². The molecule has 2 unspecified atom stereocenters. The highest BCUT2D eigenvalue weighted by Gasteiger charge is 2.17. The van der Waals surface area contributed by atoms with Gasteiger partial charge in [-0.3, -0.25) is 0 Å². The van der Waals surface area contributed by atoms with Crippen molar-refractivity contribution in [2.75, 3.05) is 5.33 Å². The minimum atomic E-state index is -0.822. The molecule has 0 heterocycles. The van der Waals surface area contributed by atoms with Crippen LogP contribution in [-0.4, -0.2) is 21.6 Å². The number of benzene rings is 1. The van der Waals surface area contributed by atoms with Crippen molar-refractivity contribution in [1.29, 1.82) is 0 Å². The molecule has 2 atom stereocenters. The van der Waals surface area contributed by atoms with Gasteiger partial charge in [-0.05, 0) is 24.5 Å². The van der Waals surface area contributed by atoms with Crippen LogP contribution in [0.25, 0.3) is 5.57 Å². The summed E-state index contributed by atoms with van der Waals surface area (Å²) in [6.07, 6.45) is -1.02. The van der Waals surface area contributed by atoms with Crippen molar-refractivity contribution < 1.29 is 10.2 Å². The standard InChI is InChI=1S/C13H17BrO2/c1-9(2)10-3-5-11(6-4-10)13(16)12(15)7-8-14/h3-6,12-13,15-16H,1,7-8H2,2H3. The van der Waals surface area contributed by atoms with Gasteiger partial charge in [0.05, 0.1) is 6.10 Å². The van der Waals surface area contributed by atoms with Crippen molar-refractivity contribution in [2.24, 2.45) is 0 Å². The molecular formula is C13H17BrO2. The summed E-state index contributed by atoms with van der Waals surface area (Å²) in [5, 5.41) is 20.2. The monoisotopic (exact) mass is 284 g/mol. The maximum atomic E-state index is 9.86. The van der Waals surface area contributed by atoms with Crippen LogP contribution in [0.3, 0.4) is 0 Å². The van der Waals surface area contributed by atoms with Crippen LogP contribution in [-0.2, 0) is 0 Å². The molecular weight excluding hydrogens is 268 g/mol. The number of alkyl halides is 1. The fourth-order valence-corrected chi connectivity index (χ4v) is 1.93. The van der Waals surface area contributed by atoms with Crippen LogP contribution in [0.4, 0.5) is 0 Å². The van der Waals surface area contributed by atoms with Crippen molar-refractivity contribution in [3.8, 4) is 0 Å². The highest BCUT2D eigenvalue weighted by atomic mass is 79.9. The Balaban J connectivity index is 2.77. The molecule has 0 aliphatic carbocycles. The van der Waals surface area contributed by atoms with Gasteiger partial charge in [-0.1, -0.05) is 52.3 Å². The molecule has 0 spiro atoms. The number of aliphatic hydroxyl groups is 2. The largest absolute Gasteiger partial charge is 0.390 e. The average Bonchev–Trinajstić information content (AvgIpc) is 2.28. The Morgan fingerprint density at radius 2 is 1.88 bits per heavy atom. The van der Waals surface area contributed by atoms with E-state index in [0.717, 1.165) is 16.7 Å². The number of hydrogen-bond acceptors (Lipinski definition) is 2. The van der Waals surface area contributed by atoms with Crippen molar-refractivity contribution in [2.45, 2.75) is 25.6 Å². The molecule has 0 aromatic heterocycles. The van der Waals surface area contributed by atoms with Crippen LogP contribution >= 0.6 is 15.9 Å². The predicted molar refractivity (Wildman–Crippen MR) is 70.5 cm³/mol. The van der Waals surface area contributed by atoms with E-state index < -0.39 is 12.2 Å². The Morgan fingerprint density at radius 3 is 2.31 bits per heavy atom. The summed E-state index contributed by atoms with van der Waals surface area (Å²) in [5.74, 6) is 0. The Bertz CT molecular complexity index is 345. The van der Waals surface area contributed by atoms with Gasteiger partial charge in [0.2, 0.25) is 0 Å². The third kappa shape index (κ3) is 3.44. The molecule has 0 aliphatic heterocycles. The van der Waals surface area contributed by atoms with Gasteiger partial charge in [0.15, 0.2) is 0 Å². The van der Waals surface area contributed by atoms with Gasteiger partial charge in [-0.25, -0.2) is 0 Å². The van der Waals surface area contributed by atoms with E-state index in [2.05, 4.69) is 22.5 Å². The summed E-state index contributed by atoms with van der Waals surface area (Å²) in [6, 6.07) is 7.46. The van der Waals surface area contributed by atoms with Crippen molar-refractivity contribution >= 4 is 21.5 Å². The van der Waals surface area contributed by atoms with Crippen LogP contribution in [0.2, 0.25) is 0 Å². The number of aliphatic hydroxyl groups excluding tert-OH is 2. The first-order valence-electron chi connectivity index (χ1n) is 5.24. The highest BCUT2D eigenvalue weighted by molar-refractivity contribution is 9.09. The lowest BCUT2D eigenvalue weighted by atomic mass is 10.00. The molecule has 0 radical (unpaired) electrons. The van der Waals surface area contributed by atoms with Crippen LogP contribution in [0.15, 0.2) is 30.8 Å². The molecule has 0 amide bonds. The van der Waals surface area contributed by atoms with Crippen LogP contribution in [0, 0.1) is 0 Å². The Hall–Kier alpha value is -0.640. The summed E-state index contributed by atoms with van der Waals surface area (Å²) < 4.78 is 0. The van der Waals surface area contributed by atoms with E-state index in [1.54, 1.807) is 0 Å². The predicted octanol–water partition coefficient (Wildman–Crippen LogP) is 2.90. The molecule has 0 saturated heterocycles. The number of hydrogen-bond donors (Lipinski definition) is 2. The van der Waals surface area contributed by atoms with Gasteiger partial charge in [0.1, 0.15) is 6.10 Å². The smallest absolute Gasteiger partial charge is 0.105 e. The second-order valence-corrected chi connectivity index (χ2v) is 4.69. The quantitative estimate of drug-likeness (QED) is 0.817. The van der Waals surface area contributed by atoms with E-state index in [0.29, 0.717) is 11.8 Å². The number of halogens is 1. The fraction of sp³-hybridized carbons (Fsp3) is 0.385. The first kappa shape index (κ1) is 13.4. The molecule has 2 N–H and O–H groups in total. The zero-order chi connectivity index (χ0) is 12.1. The second kappa shape index (κ2) is 6.18. The molecule has 88 valence electrons. The maximum Gasteiger partial charge on any atom is 0.105 e. The van der Waals surface area contributed by atoms with Crippen molar-refractivity contribution in [3.05, 3.63) is 42.0 Å². The van der Waals surface area contributed by atoms with E-state index in [4.69, 9.17) is 0 Å². The van der Waals surface area contributed by atoms with Gasteiger partial charge in [0.25, 0.3) is 0 Å². The summed E-state index contributed by atoms with van der Waals surface area (Å²) in [6.45, 7) is 5.78. The van der Waals surface area contributed by atoms with Crippen LogP contribution < -0.4 is 0 Å². The topological polar surface area (TPSA) is 40.5 Å². The molecule has 0 aliphatic rings. The van der Waals surface area contributed by atoms with Gasteiger partial charge >= 0.3 is 0 Å². The number of allylic oxidation sites excluding steroid dienone is 1. The first-order chi connectivity index (χ1) is 7.56. The summed E-state index contributed by atoms with van der Waals surface area (Å²) in [5.41, 5.74) is 2.77. The summed E-state index contributed by atoms with van der Waals surface area (Å²) in [7, 11) is 0. The zero-order valence-corrected chi connectivity index (χ0v) is 10.9. The molecule has 2 nitrogen and oxygen atoms in total. The SMILES string of the molecule is C=C(C)c1ccc(C(O)C(O)CCBr)cc1. The Labute approximate surface area is 105 Å². The number of rotatable bonds is 5. The molecule has 1 aromatic carbocycles. The molecule has 1 aromatic rings. The highest BCUT2D eigenvalue weighted by Crippen LogP contribution is 2.21. The third-order valence-corrected chi connectivity index (χ3v) is 2.97. The second-order valence-electron chi connectivity index (χ2n) is 3.89.